The van der Waals surface area contributed by atoms with Gasteiger partial charge in [-0.3, -0.25) is 0 Å². The third kappa shape index (κ3) is 2.05. The van der Waals surface area contributed by atoms with Crippen molar-refractivity contribution < 1.29 is 9.84 Å². The molecule has 1 aromatic heterocycles. The Morgan fingerprint density at radius 3 is 3.10 bits per heavy atom. The highest BCUT2D eigenvalue weighted by Crippen LogP contribution is 2.44. The molecule has 2 atom stereocenters. The predicted molar refractivity (Wildman–Crippen MR) is 84.2 cm³/mol. The minimum Gasteiger partial charge on any atom is -0.385 e. The van der Waals surface area contributed by atoms with Crippen molar-refractivity contribution in [2.45, 2.75) is 50.9 Å². The minimum absolute atomic E-state index is 0.0445. The zero-order valence-electron chi connectivity index (χ0n) is 12.1. The number of aromatic nitrogens is 2. The van der Waals surface area contributed by atoms with Crippen LogP contribution in [0, 0.1) is 0 Å². The van der Waals surface area contributed by atoms with Crippen molar-refractivity contribution in [1.82, 2.24) is 9.78 Å². The molecule has 0 saturated carbocycles. The highest BCUT2D eigenvalue weighted by molar-refractivity contribution is 9.10. The Morgan fingerprint density at radius 2 is 2.33 bits per heavy atom. The second-order valence-corrected chi connectivity index (χ2v) is 7.13. The van der Waals surface area contributed by atoms with Crippen molar-refractivity contribution >= 4 is 26.8 Å². The van der Waals surface area contributed by atoms with Crippen LogP contribution in [0.25, 0.3) is 10.9 Å². The Bertz CT molecular complexity index is 702. The van der Waals surface area contributed by atoms with Crippen molar-refractivity contribution in [3.63, 3.8) is 0 Å². The van der Waals surface area contributed by atoms with Crippen LogP contribution in [0.5, 0.6) is 0 Å². The number of aryl methyl sites for hydroxylation is 1. The maximum atomic E-state index is 10.6. The van der Waals surface area contributed by atoms with Crippen LogP contribution in [0.1, 0.15) is 50.0 Å². The zero-order chi connectivity index (χ0) is 14.6. The SMILES string of the molecule is CC1(O)CCc2cc3c(cnn3C3CCCCO3)c(Br)c21. The quantitative estimate of drug-likeness (QED) is 0.853. The first-order valence-corrected chi connectivity index (χ1v) is 8.40. The first kappa shape index (κ1) is 13.7. The van der Waals surface area contributed by atoms with Gasteiger partial charge in [0, 0.05) is 22.0 Å². The first-order valence-electron chi connectivity index (χ1n) is 7.61. The molecule has 112 valence electrons. The van der Waals surface area contributed by atoms with Gasteiger partial charge in [-0.2, -0.15) is 5.10 Å². The molecule has 2 aromatic rings. The van der Waals surface area contributed by atoms with Crippen LogP contribution >= 0.6 is 15.9 Å². The van der Waals surface area contributed by atoms with E-state index in [0.717, 1.165) is 53.2 Å². The average Bonchev–Trinajstić information content (AvgIpc) is 3.02. The van der Waals surface area contributed by atoms with Gasteiger partial charge < -0.3 is 9.84 Å². The lowest BCUT2D eigenvalue weighted by molar-refractivity contribution is -0.0366. The Balaban J connectivity index is 1.88. The fourth-order valence-electron chi connectivity index (χ4n) is 3.63. The second kappa shape index (κ2) is 4.80. The highest BCUT2D eigenvalue weighted by Gasteiger charge is 2.35. The maximum Gasteiger partial charge on any atom is 0.150 e. The molecule has 1 aromatic carbocycles. The summed E-state index contributed by atoms with van der Waals surface area (Å²) in [5.41, 5.74) is 2.60. The van der Waals surface area contributed by atoms with E-state index in [1.807, 2.05) is 17.8 Å². The van der Waals surface area contributed by atoms with E-state index in [-0.39, 0.29) is 6.23 Å². The van der Waals surface area contributed by atoms with Crippen LogP contribution in [-0.4, -0.2) is 21.5 Å². The molecule has 0 radical (unpaired) electrons. The summed E-state index contributed by atoms with van der Waals surface area (Å²) in [5.74, 6) is 0. The van der Waals surface area contributed by atoms with Crippen molar-refractivity contribution in [2.75, 3.05) is 6.61 Å². The third-order valence-electron chi connectivity index (χ3n) is 4.77. The number of halogens is 1. The molecule has 5 heteroatoms. The number of ether oxygens (including phenoxy) is 1. The van der Waals surface area contributed by atoms with E-state index in [4.69, 9.17) is 4.74 Å². The van der Waals surface area contributed by atoms with Gasteiger partial charge in [0.1, 0.15) is 0 Å². The summed E-state index contributed by atoms with van der Waals surface area (Å²) < 4.78 is 8.86. The maximum absolute atomic E-state index is 10.6. The lowest BCUT2D eigenvalue weighted by atomic mass is 9.97. The summed E-state index contributed by atoms with van der Waals surface area (Å²) in [7, 11) is 0. The molecule has 1 aliphatic carbocycles. The van der Waals surface area contributed by atoms with Crippen LogP contribution in [0.3, 0.4) is 0 Å². The number of nitrogens with zero attached hydrogens (tertiary/aromatic N) is 2. The van der Waals surface area contributed by atoms with E-state index in [2.05, 4.69) is 27.1 Å². The zero-order valence-corrected chi connectivity index (χ0v) is 13.7. The fourth-order valence-corrected chi connectivity index (χ4v) is 4.61. The molecular weight excluding hydrogens is 332 g/mol. The normalized spacial score (nSPS) is 29.0. The van der Waals surface area contributed by atoms with E-state index >= 15 is 0 Å². The van der Waals surface area contributed by atoms with Gasteiger partial charge in [0.2, 0.25) is 0 Å². The smallest absolute Gasteiger partial charge is 0.150 e. The molecule has 4 nitrogen and oxygen atoms in total. The van der Waals surface area contributed by atoms with E-state index in [1.165, 1.54) is 12.0 Å². The van der Waals surface area contributed by atoms with E-state index in [1.54, 1.807) is 0 Å². The molecule has 2 unspecified atom stereocenters. The third-order valence-corrected chi connectivity index (χ3v) is 5.59. The van der Waals surface area contributed by atoms with Crippen LogP contribution < -0.4 is 0 Å². The Kier molecular flexibility index (Phi) is 3.14. The van der Waals surface area contributed by atoms with Gasteiger partial charge in [0.05, 0.1) is 17.3 Å². The summed E-state index contributed by atoms with van der Waals surface area (Å²) >= 11 is 3.69. The van der Waals surface area contributed by atoms with Gasteiger partial charge >= 0.3 is 0 Å². The number of fused-ring (bicyclic) bond motifs is 2. The molecule has 0 amide bonds. The second-order valence-electron chi connectivity index (χ2n) is 6.34. The standard InChI is InChI=1S/C16H19BrN2O2/c1-16(20)6-5-10-8-12-11(15(17)14(10)16)9-18-19(12)13-4-2-3-7-21-13/h8-9,13,20H,2-7H2,1H3. The van der Waals surface area contributed by atoms with Gasteiger partial charge in [-0.15, -0.1) is 0 Å². The number of hydrogen-bond donors (Lipinski definition) is 1. The molecule has 1 fully saturated rings. The van der Waals surface area contributed by atoms with Gasteiger partial charge in [-0.1, -0.05) is 0 Å². The van der Waals surface area contributed by atoms with Crippen molar-refractivity contribution in [3.05, 3.63) is 27.9 Å². The number of aliphatic hydroxyl groups is 1. The predicted octanol–water partition coefficient (Wildman–Crippen LogP) is 3.65. The first-order chi connectivity index (χ1) is 10.1. The molecule has 1 aliphatic heterocycles. The highest BCUT2D eigenvalue weighted by atomic mass is 79.9. The lowest BCUT2D eigenvalue weighted by Gasteiger charge is -2.24. The monoisotopic (exact) mass is 350 g/mol. The molecule has 2 aliphatic rings. The molecule has 0 bridgehead atoms. The number of hydrogen-bond acceptors (Lipinski definition) is 3. The van der Waals surface area contributed by atoms with Crippen molar-refractivity contribution in [2.24, 2.45) is 0 Å². The topological polar surface area (TPSA) is 47.3 Å². The summed E-state index contributed by atoms with van der Waals surface area (Å²) in [6.45, 7) is 2.71. The Labute approximate surface area is 132 Å². The molecule has 1 saturated heterocycles. The molecule has 0 spiro atoms. The minimum atomic E-state index is -0.744. The molecule has 1 N–H and O–H groups in total. The molecule has 21 heavy (non-hydrogen) atoms. The molecular formula is C16H19BrN2O2. The van der Waals surface area contributed by atoms with Crippen LogP contribution in [0.15, 0.2) is 16.7 Å². The Hall–Kier alpha value is -0.910. The molecule has 2 heterocycles. The largest absolute Gasteiger partial charge is 0.385 e. The van der Waals surface area contributed by atoms with E-state index in [9.17, 15) is 5.11 Å². The van der Waals surface area contributed by atoms with Crippen molar-refractivity contribution in [1.29, 1.82) is 0 Å². The summed E-state index contributed by atoms with van der Waals surface area (Å²) in [5, 5.41) is 16.2. The number of rotatable bonds is 1. The average molecular weight is 351 g/mol. The van der Waals surface area contributed by atoms with Crippen LogP contribution in [0.2, 0.25) is 0 Å². The summed E-state index contributed by atoms with van der Waals surface area (Å²) in [6, 6.07) is 2.18. The van der Waals surface area contributed by atoms with Gasteiger partial charge in [-0.25, -0.2) is 4.68 Å². The van der Waals surface area contributed by atoms with Gasteiger partial charge in [0.15, 0.2) is 6.23 Å². The summed E-state index contributed by atoms with van der Waals surface area (Å²) in [4.78, 5) is 0. The van der Waals surface area contributed by atoms with Crippen molar-refractivity contribution in [3.8, 4) is 0 Å². The van der Waals surface area contributed by atoms with Gasteiger partial charge in [-0.05, 0) is 66.6 Å². The number of benzene rings is 1. The summed E-state index contributed by atoms with van der Waals surface area (Å²) in [6.07, 6.45) is 6.96. The van der Waals surface area contributed by atoms with Gasteiger partial charge in [0.25, 0.3) is 0 Å². The lowest BCUT2D eigenvalue weighted by Crippen LogP contribution is -2.19. The van der Waals surface area contributed by atoms with Crippen LogP contribution in [0.4, 0.5) is 0 Å². The Morgan fingerprint density at radius 1 is 1.48 bits per heavy atom. The molecule has 4 rings (SSSR count). The van der Waals surface area contributed by atoms with E-state index in [0.29, 0.717) is 0 Å². The van der Waals surface area contributed by atoms with E-state index < -0.39 is 5.60 Å². The van der Waals surface area contributed by atoms with Crippen LogP contribution in [-0.2, 0) is 16.8 Å². The fraction of sp³-hybridized carbons (Fsp3) is 0.562.